The molecule has 126 valence electrons. The van der Waals surface area contributed by atoms with Gasteiger partial charge in [-0.15, -0.1) is 0 Å². The molecule has 3 rings (SSSR count). The number of nitrogens with one attached hydrogen (secondary N) is 1. The van der Waals surface area contributed by atoms with Gasteiger partial charge in [-0.3, -0.25) is 0 Å². The number of H-pyrrole nitrogens is 1. The first kappa shape index (κ1) is 10.5. The van der Waals surface area contributed by atoms with Gasteiger partial charge in [0.2, 0.25) is 10.0 Å². The van der Waals surface area contributed by atoms with E-state index in [0.29, 0.717) is 23.6 Å². The predicted octanol–water partition coefficient (Wildman–Crippen LogP) is 2.20. The molecule has 1 aromatic carbocycles. The van der Waals surface area contributed by atoms with Crippen molar-refractivity contribution in [2.24, 2.45) is 0 Å². The molecule has 0 bridgehead atoms. The summed E-state index contributed by atoms with van der Waals surface area (Å²) in [5, 5.41) is 0.773. The molecule has 6 heteroatoms. The minimum absolute atomic E-state index is 0.0930. The number of fused-ring (bicyclic) bond motifs is 1. The zero-order chi connectivity index (χ0) is 21.4. The number of likely N-dealkylation sites (N-methyl/N-ethyl adjacent to an activating group) is 1. The van der Waals surface area contributed by atoms with Crippen LogP contribution in [-0.4, -0.2) is 56.2 Å². The third-order valence-corrected chi connectivity index (χ3v) is 6.09. The average Bonchev–Trinajstić information content (AvgIpc) is 3.22. The van der Waals surface area contributed by atoms with E-state index in [9.17, 15) is 8.42 Å². The molecule has 2 heterocycles. The number of aromatic nitrogens is 1. The highest BCUT2D eigenvalue weighted by molar-refractivity contribution is 7.88. The summed E-state index contributed by atoms with van der Waals surface area (Å²) in [6, 6.07) is 5.33. The molecule has 5 nitrogen and oxygen atoms in total. The number of sulfonamides is 1. The molecule has 0 aliphatic carbocycles. The summed E-state index contributed by atoms with van der Waals surface area (Å²) < 4.78 is 71.5. The molecular weight excluding hydrogens is 310 g/mol. The topological polar surface area (TPSA) is 56.4 Å². The Morgan fingerprint density at radius 3 is 2.83 bits per heavy atom. The fraction of sp³-hybridized carbons (Fsp3) is 0.529. The van der Waals surface area contributed by atoms with Crippen molar-refractivity contribution < 1.29 is 16.6 Å². The Balaban J connectivity index is 1.80. The van der Waals surface area contributed by atoms with Crippen molar-refractivity contribution in [3.05, 3.63) is 35.5 Å². The Labute approximate surface area is 146 Å². The van der Waals surface area contributed by atoms with Crippen LogP contribution in [0.25, 0.3) is 10.9 Å². The van der Waals surface area contributed by atoms with Crippen molar-refractivity contribution in [2.75, 3.05) is 33.6 Å². The van der Waals surface area contributed by atoms with Gasteiger partial charge in [0.1, 0.15) is 0 Å². The van der Waals surface area contributed by atoms with Crippen LogP contribution in [0.15, 0.2) is 24.4 Å². The largest absolute Gasteiger partial charge is 0.361 e. The van der Waals surface area contributed by atoms with Gasteiger partial charge >= 0.3 is 0 Å². The van der Waals surface area contributed by atoms with Crippen molar-refractivity contribution in [3.63, 3.8) is 0 Å². The van der Waals surface area contributed by atoms with Crippen LogP contribution in [0.4, 0.5) is 0 Å². The molecule has 1 aliphatic heterocycles. The Kier molecular flexibility index (Phi) is 3.02. The van der Waals surface area contributed by atoms with Crippen molar-refractivity contribution in [1.82, 2.24) is 14.2 Å². The molecule has 0 saturated carbocycles. The van der Waals surface area contributed by atoms with Crippen LogP contribution in [0.1, 0.15) is 32.2 Å². The maximum atomic E-state index is 12.6. The SMILES string of the molecule is [2H]C([2H])([2H])N(CCc1c[nH]c2ccc(CS(=O)(=O)N3CCCC3)cc12)C([2H])([2H])[2H]. The third-order valence-electron chi connectivity index (χ3n) is 4.24. The second-order valence-corrected chi connectivity index (χ2v) is 7.93. The highest BCUT2D eigenvalue weighted by Gasteiger charge is 2.25. The number of benzene rings is 1. The standard InChI is InChI=1S/C17H25N3O2S/c1-19(2)10-7-15-12-18-17-6-5-14(11-16(15)17)13-23(21,22)20-8-3-4-9-20/h5-6,11-12,18H,3-4,7-10,13H2,1-2H3/i1D3,2D3. The van der Waals surface area contributed by atoms with Crippen molar-refractivity contribution in [2.45, 2.75) is 25.0 Å². The molecule has 1 aliphatic rings. The average molecular weight is 342 g/mol. The van der Waals surface area contributed by atoms with Crippen LogP contribution < -0.4 is 0 Å². The van der Waals surface area contributed by atoms with Crippen LogP contribution in [0.2, 0.25) is 0 Å². The maximum absolute atomic E-state index is 12.6. The molecule has 0 spiro atoms. The normalized spacial score (nSPS) is 21.6. The summed E-state index contributed by atoms with van der Waals surface area (Å²) in [6.07, 6.45) is 3.67. The predicted molar refractivity (Wildman–Crippen MR) is 94.0 cm³/mol. The summed E-state index contributed by atoms with van der Waals surface area (Å²) in [5.74, 6) is -0.0930. The monoisotopic (exact) mass is 341 g/mol. The molecule has 0 radical (unpaired) electrons. The Morgan fingerprint density at radius 2 is 2.09 bits per heavy atom. The molecular formula is C17H25N3O2S. The zero-order valence-electron chi connectivity index (χ0n) is 18.9. The van der Waals surface area contributed by atoms with Gasteiger partial charge in [-0.25, -0.2) is 12.7 Å². The lowest BCUT2D eigenvalue weighted by Gasteiger charge is -2.15. The summed E-state index contributed by atoms with van der Waals surface area (Å²) in [5.41, 5.74) is 2.18. The van der Waals surface area contributed by atoms with E-state index in [2.05, 4.69) is 4.98 Å². The summed E-state index contributed by atoms with van der Waals surface area (Å²) in [7, 11) is -3.38. The van der Waals surface area contributed by atoms with Gasteiger partial charge in [0.15, 0.2) is 0 Å². The molecule has 2 aromatic rings. The van der Waals surface area contributed by atoms with E-state index in [1.54, 1.807) is 24.4 Å². The minimum Gasteiger partial charge on any atom is -0.361 e. The third kappa shape index (κ3) is 3.76. The van der Waals surface area contributed by atoms with E-state index in [4.69, 9.17) is 8.22 Å². The Hall–Kier alpha value is -1.37. The van der Waals surface area contributed by atoms with E-state index in [-0.39, 0.29) is 18.7 Å². The lowest BCUT2D eigenvalue weighted by atomic mass is 10.1. The van der Waals surface area contributed by atoms with Crippen LogP contribution in [0.5, 0.6) is 0 Å². The number of rotatable bonds is 6. The molecule has 1 fully saturated rings. The molecule has 1 N–H and O–H groups in total. The van der Waals surface area contributed by atoms with Crippen LogP contribution in [-0.2, 0) is 22.2 Å². The summed E-state index contributed by atoms with van der Waals surface area (Å²) in [6.45, 7) is -4.52. The van der Waals surface area contributed by atoms with E-state index in [1.165, 1.54) is 4.31 Å². The van der Waals surface area contributed by atoms with E-state index in [0.717, 1.165) is 29.3 Å². The molecule has 1 aromatic heterocycles. The van der Waals surface area contributed by atoms with Gasteiger partial charge in [-0.2, -0.15) is 0 Å². The van der Waals surface area contributed by atoms with Gasteiger partial charge < -0.3 is 9.88 Å². The van der Waals surface area contributed by atoms with Gasteiger partial charge in [-0.05, 0) is 56.5 Å². The van der Waals surface area contributed by atoms with E-state index in [1.807, 2.05) is 0 Å². The second kappa shape index (κ2) is 6.63. The van der Waals surface area contributed by atoms with E-state index >= 15 is 0 Å². The van der Waals surface area contributed by atoms with Gasteiger partial charge in [0.05, 0.1) is 5.75 Å². The summed E-state index contributed by atoms with van der Waals surface area (Å²) in [4.78, 5) is 3.60. The molecule has 23 heavy (non-hydrogen) atoms. The van der Waals surface area contributed by atoms with Crippen LogP contribution in [0.3, 0.4) is 0 Å². The summed E-state index contributed by atoms with van der Waals surface area (Å²) >= 11 is 0. The second-order valence-electron chi connectivity index (χ2n) is 5.96. The van der Waals surface area contributed by atoms with Crippen molar-refractivity contribution >= 4 is 20.9 Å². The fourth-order valence-electron chi connectivity index (χ4n) is 3.02. The number of aromatic amines is 1. The smallest absolute Gasteiger partial charge is 0.218 e. The molecule has 0 unspecified atom stereocenters. The number of nitrogens with zero attached hydrogens (tertiary/aromatic N) is 2. The Bertz CT molecular complexity index is 948. The Morgan fingerprint density at radius 1 is 1.30 bits per heavy atom. The minimum atomic E-state index is -3.38. The molecule has 1 saturated heterocycles. The van der Waals surface area contributed by atoms with Crippen molar-refractivity contribution in [1.29, 1.82) is 0 Å². The van der Waals surface area contributed by atoms with E-state index < -0.39 is 24.0 Å². The highest BCUT2D eigenvalue weighted by Crippen LogP contribution is 2.23. The number of hydrogen-bond donors (Lipinski definition) is 1. The van der Waals surface area contributed by atoms with Gasteiger partial charge in [0.25, 0.3) is 0 Å². The maximum Gasteiger partial charge on any atom is 0.218 e. The fourth-order valence-corrected chi connectivity index (χ4v) is 4.62. The van der Waals surface area contributed by atoms with Crippen molar-refractivity contribution in [3.8, 4) is 0 Å². The van der Waals surface area contributed by atoms with Crippen LogP contribution >= 0.6 is 0 Å². The lowest BCUT2D eigenvalue weighted by Crippen LogP contribution is -2.29. The first-order chi connectivity index (χ1) is 13.4. The number of hydrogen-bond acceptors (Lipinski definition) is 3. The quantitative estimate of drug-likeness (QED) is 0.876. The molecule has 0 amide bonds. The first-order valence-corrected chi connectivity index (χ1v) is 9.33. The van der Waals surface area contributed by atoms with Gasteiger partial charge in [-0.1, -0.05) is 6.07 Å². The molecule has 0 atom stereocenters. The highest BCUT2D eigenvalue weighted by atomic mass is 32.2. The zero-order valence-corrected chi connectivity index (χ0v) is 13.7. The first-order valence-electron chi connectivity index (χ1n) is 10.7. The van der Waals surface area contributed by atoms with Gasteiger partial charge in [0, 0.05) is 45.0 Å². The lowest BCUT2D eigenvalue weighted by molar-refractivity contribution is 0.414. The van der Waals surface area contributed by atoms with Crippen LogP contribution in [0, 0.1) is 0 Å².